The summed E-state index contributed by atoms with van der Waals surface area (Å²) in [7, 11) is 4.94. The van der Waals surface area contributed by atoms with Crippen LogP contribution in [0.5, 0.6) is 5.75 Å². The average Bonchev–Trinajstić information content (AvgIpc) is 2.74. The normalized spacial score (nSPS) is 12.9. The first-order valence-electron chi connectivity index (χ1n) is 11.1. The molecule has 0 spiro atoms. The Hall–Kier alpha value is -1.10. The Kier molecular flexibility index (Phi) is 13.2. The lowest BCUT2D eigenvalue weighted by Gasteiger charge is -2.36. The molecular formula is C24H42O4. The summed E-state index contributed by atoms with van der Waals surface area (Å²) in [5.74, 6) is -0.142. The molecule has 4 heteroatoms. The third kappa shape index (κ3) is 8.10. The Morgan fingerprint density at radius 2 is 1.25 bits per heavy atom. The van der Waals surface area contributed by atoms with E-state index in [9.17, 15) is 0 Å². The van der Waals surface area contributed by atoms with E-state index < -0.39 is 5.97 Å². The van der Waals surface area contributed by atoms with Crippen molar-refractivity contribution in [1.29, 1.82) is 0 Å². The van der Waals surface area contributed by atoms with E-state index in [1.165, 1.54) is 44.9 Å². The molecule has 0 radical (unpaired) electrons. The van der Waals surface area contributed by atoms with Gasteiger partial charge in [-0.1, -0.05) is 77.3 Å². The highest BCUT2D eigenvalue weighted by molar-refractivity contribution is 5.30. The number of ether oxygens (including phenoxy) is 4. The van der Waals surface area contributed by atoms with E-state index in [4.69, 9.17) is 18.9 Å². The van der Waals surface area contributed by atoms with Crippen molar-refractivity contribution in [2.24, 2.45) is 0 Å². The lowest BCUT2D eigenvalue weighted by molar-refractivity contribution is -0.365. The molecule has 0 amide bonds. The van der Waals surface area contributed by atoms with E-state index in [0.29, 0.717) is 0 Å². The third-order valence-electron chi connectivity index (χ3n) is 5.43. The van der Waals surface area contributed by atoms with E-state index in [1.54, 1.807) is 21.3 Å². The monoisotopic (exact) mass is 394 g/mol. The molecule has 1 atom stereocenters. The maximum atomic E-state index is 5.85. The molecule has 0 heterocycles. The summed E-state index contributed by atoms with van der Waals surface area (Å²) in [6, 6.07) is 8.31. The van der Waals surface area contributed by atoms with Crippen LogP contribution in [0.4, 0.5) is 0 Å². The van der Waals surface area contributed by atoms with E-state index in [2.05, 4.69) is 26.0 Å². The van der Waals surface area contributed by atoms with Gasteiger partial charge in [-0.15, -0.1) is 0 Å². The maximum absolute atomic E-state index is 5.85. The molecule has 0 aromatic heterocycles. The van der Waals surface area contributed by atoms with Crippen LogP contribution in [-0.4, -0.2) is 33.9 Å². The Morgan fingerprint density at radius 1 is 0.714 bits per heavy atom. The number of methoxy groups -OCH3 is 3. The van der Waals surface area contributed by atoms with Crippen LogP contribution in [0, 0.1) is 0 Å². The van der Waals surface area contributed by atoms with Crippen LogP contribution < -0.4 is 4.74 Å². The van der Waals surface area contributed by atoms with Gasteiger partial charge in [-0.05, 0) is 30.5 Å². The third-order valence-corrected chi connectivity index (χ3v) is 5.43. The molecule has 0 saturated heterocycles. The molecule has 0 fully saturated rings. The molecule has 0 saturated carbocycles. The standard InChI is InChI=1S/C24H42O4/c1-6-8-10-11-12-13-15-23(24(25-3,26-4)27-5)21-16-18-22(19-17-21)28-20-14-9-7-2/h16-19,23H,6-15,20H2,1-5H3. The molecule has 1 rings (SSSR count). The first-order chi connectivity index (χ1) is 13.7. The number of benzene rings is 1. The van der Waals surface area contributed by atoms with Crippen molar-refractivity contribution in [2.45, 2.75) is 89.9 Å². The van der Waals surface area contributed by atoms with Crippen molar-refractivity contribution in [2.75, 3.05) is 27.9 Å². The summed E-state index contributed by atoms with van der Waals surface area (Å²) in [5.41, 5.74) is 1.15. The van der Waals surface area contributed by atoms with Crippen LogP contribution >= 0.6 is 0 Å². The fourth-order valence-electron chi connectivity index (χ4n) is 3.69. The quantitative estimate of drug-likeness (QED) is 0.218. The molecule has 0 aliphatic rings. The Morgan fingerprint density at radius 3 is 1.82 bits per heavy atom. The predicted molar refractivity (Wildman–Crippen MR) is 116 cm³/mol. The second kappa shape index (κ2) is 14.8. The van der Waals surface area contributed by atoms with Crippen LogP contribution in [-0.2, 0) is 14.2 Å². The molecule has 28 heavy (non-hydrogen) atoms. The van der Waals surface area contributed by atoms with Crippen molar-refractivity contribution in [3.8, 4) is 5.75 Å². The van der Waals surface area contributed by atoms with Crippen LogP contribution in [0.3, 0.4) is 0 Å². The Balaban J connectivity index is 2.77. The predicted octanol–water partition coefficient (Wildman–Crippen LogP) is 6.68. The van der Waals surface area contributed by atoms with E-state index in [-0.39, 0.29) is 5.92 Å². The van der Waals surface area contributed by atoms with E-state index >= 15 is 0 Å². The van der Waals surface area contributed by atoms with Gasteiger partial charge < -0.3 is 18.9 Å². The maximum Gasteiger partial charge on any atom is 0.289 e. The highest BCUT2D eigenvalue weighted by Gasteiger charge is 2.40. The molecule has 1 aromatic rings. The average molecular weight is 395 g/mol. The van der Waals surface area contributed by atoms with Crippen LogP contribution in [0.25, 0.3) is 0 Å². The number of hydrogen-bond donors (Lipinski definition) is 0. The summed E-state index contributed by atoms with van der Waals surface area (Å²) < 4.78 is 22.9. The summed E-state index contributed by atoms with van der Waals surface area (Å²) in [4.78, 5) is 0. The zero-order chi connectivity index (χ0) is 20.7. The first kappa shape index (κ1) is 24.9. The van der Waals surface area contributed by atoms with Gasteiger partial charge in [0.25, 0.3) is 5.97 Å². The van der Waals surface area contributed by atoms with Gasteiger partial charge in [-0.25, -0.2) is 0 Å². The fraction of sp³-hybridized carbons (Fsp3) is 0.750. The van der Waals surface area contributed by atoms with Gasteiger partial charge in [0.2, 0.25) is 0 Å². The van der Waals surface area contributed by atoms with E-state index in [1.807, 2.05) is 12.1 Å². The van der Waals surface area contributed by atoms with E-state index in [0.717, 1.165) is 37.2 Å². The molecule has 0 aliphatic carbocycles. The van der Waals surface area contributed by atoms with Crippen LogP contribution in [0.15, 0.2) is 24.3 Å². The van der Waals surface area contributed by atoms with Crippen molar-refractivity contribution >= 4 is 0 Å². The van der Waals surface area contributed by atoms with Crippen molar-refractivity contribution < 1.29 is 18.9 Å². The summed E-state index contributed by atoms with van der Waals surface area (Å²) >= 11 is 0. The largest absolute Gasteiger partial charge is 0.494 e. The van der Waals surface area contributed by atoms with Gasteiger partial charge in [0.1, 0.15) is 5.75 Å². The zero-order valence-corrected chi connectivity index (χ0v) is 18.8. The second-order valence-corrected chi connectivity index (χ2v) is 7.45. The van der Waals surface area contributed by atoms with Crippen LogP contribution in [0.2, 0.25) is 0 Å². The summed E-state index contributed by atoms with van der Waals surface area (Å²) in [6.07, 6.45) is 12.0. The molecule has 162 valence electrons. The minimum Gasteiger partial charge on any atom is -0.494 e. The van der Waals surface area contributed by atoms with Gasteiger partial charge in [0.15, 0.2) is 0 Å². The highest BCUT2D eigenvalue weighted by atomic mass is 16.9. The lowest BCUT2D eigenvalue weighted by Crippen LogP contribution is -2.42. The molecule has 0 bridgehead atoms. The first-order valence-corrected chi connectivity index (χ1v) is 11.1. The fourth-order valence-corrected chi connectivity index (χ4v) is 3.69. The van der Waals surface area contributed by atoms with Crippen molar-refractivity contribution in [3.05, 3.63) is 29.8 Å². The molecule has 0 N–H and O–H groups in total. The minimum absolute atomic E-state index is 0.00724. The summed E-state index contributed by atoms with van der Waals surface area (Å²) in [5, 5.41) is 0. The number of unbranched alkanes of at least 4 members (excludes halogenated alkanes) is 7. The van der Waals surface area contributed by atoms with Gasteiger partial charge >= 0.3 is 0 Å². The van der Waals surface area contributed by atoms with Crippen molar-refractivity contribution in [3.63, 3.8) is 0 Å². The van der Waals surface area contributed by atoms with Gasteiger partial charge in [-0.2, -0.15) is 0 Å². The summed E-state index contributed by atoms with van der Waals surface area (Å²) in [6.45, 7) is 5.22. The molecule has 4 nitrogen and oxygen atoms in total. The smallest absolute Gasteiger partial charge is 0.289 e. The highest BCUT2D eigenvalue weighted by Crippen LogP contribution is 2.37. The lowest BCUT2D eigenvalue weighted by atomic mass is 9.90. The van der Waals surface area contributed by atoms with Gasteiger partial charge in [0, 0.05) is 21.3 Å². The van der Waals surface area contributed by atoms with Crippen molar-refractivity contribution in [1.82, 2.24) is 0 Å². The molecular weight excluding hydrogens is 352 g/mol. The van der Waals surface area contributed by atoms with Crippen LogP contribution in [0.1, 0.15) is 89.5 Å². The van der Waals surface area contributed by atoms with Gasteiger partial charge in [0.05, 0.1) is 12.5 Å². The molecule has 0 aliphatic heterocycles. The Bertz CT molecular complexity index is 474. The Labute approximate surface area is 172 Å². The molecule has 1 unspecified atom stereocenters. The SMILES string of the molecule is CCCCCCCCC(c1ccc(OCCCCC)cc1)C(OC)(OC)OC. The number of hydrogen-bond acceptors (Lipinski definition) is 4. The number of rotatable bonds is 17. The molecule has 1 aromatic carbocycles. The van der Waals surface area contributed by atoms with Gasteiger partial charge in [-0.3, -0.25) is 0 Å². The minimum atomic E-state index is -1.06. The topological polar surface area (TPSA) is 36.9 Å². The second-order valence-electron chi connectivity index (χ2n) is 7.45. The zero-order valence-electron chi connectivity index (χ0n) is 18.8.